The Labute approximate surface area is 259 Å². The maximum absolute atomic E-state index is 15.7. The van der Waals surface area contributed by atoms with Crippen molar-refractivity contribution < 1.29 is 28.2 Å². The predicted molar refractivity (Wildman–Crippen MR) is 162 cm³/mol. The molecule has 11 heteroatoms. The Hall–Kier alpha value is -3.42. The average Bonchev–Trinajstić information content (AvgIpc) is 3.24. The number of halogens is 4. The van der Waals surface area contributed by atoms with Crippen LogP contribution in [-0.2, 0) is 10.2 Å². The fourth-order valence-corrected chi connectivity index (χ4v) is 6.23. The molecule has 0 spiro atoms. The molecule has 4 atom stereocenters. The number of carboxylic acids is 1. The number of nitrogens with zero attached hydrogens (tertiary/aromatic N) is 1. The van der Waals surface area contributed by atoms with E-state index >= 15 is 8.78 Å². The van der Waals surface area contributed by atoms with Gasteiger partial charge in [0.2, 0.25) is 0 Å². The SMILES string of the molecule is COc1cc(C(=O)O)ccc1NCOCC1NC(CC(C)(C)C)[C@](C#N)(c2ccc(Cl)cc2F)C1c1cccc(Cl)c1F. The molecule has 0 amide bonds. The molecule has 7 nitrogen and oxygen atoms in total. The first-order chi connectivity index (χ1) is 20.3. The molecule has 0 radical (unpaired) electrons. The number of hydrogen-bond acceptors (Lipinski definition) is 6. The van der Waals surface area contributed by atoms with Gasteiger partial charge in [-0.15, -0.1) is 0 Å². The molecule has 1 aliphatic heterocycles. The first-order valence-electron chi connectivity index (χ1n) is 13.6. The van der Waals surface area contributed by atoms with E-state index in [0.29, 0.717) is 17.9 Å². The zero-order valence-electron chi connectivity index (χ0n) is 24.2. The lowest BCUT2D eigenvalue weighted by atomic mass is 9.63. The van der Waals surface area contributed by atoms with Gasteiger partial charge in [0, 0.05) is 28.6 Å². The highest BCUT2D eigenvalue weighted by atomic mass is 35.5. The zero-order valence-corrected chi connectivity index (χ0v) is 25.7. The molecule has 1 aliphatic rings. The number of nitrogens with one attached hydrogen (secondary N) is 2. The van der Waals surface area contributed by atoms with E-state index in [2.05, 4.69) is 16.7 Å². The fourth-order valence-electron chi connectivity index (χ4n) is 5.89. The van der Waals surface area contributed by atoms with Gasteiger partial charge in [0.25, 0.3) is 0 Å². The van der Waals surface area contributed by atoms with E-state index in [1.54, 1.807) is 18.2 Å². The van der Waals surface area contributed by atoms with Gasteiger partial charge in [-0.05, 0) is 53.8 Å². The number of anilines is 1. The van der Waals surface area contributed by atoms with Crippen molar-refractivity contribution >= 4 is 34.9 Å². The van der Waals surface area contributed by atoms with E-state index in [1.165, 1.54) is 37.4 Å². The van der Waals surface area contributed by atoms with Crippen LogP contribution in [0.5, 0.6) is 5.75 Å². The van der Waals surface area contributed by atoms with Crippen LogP contribution in [0.15, 0.2) is 54.6 Å². The van der Waals surface area contributed by atoms with Crippen molar-refractivity contribution in [3.63, 3.8) is 0 Å². The Morgan fingerprint density at radius 2 is 1.91 bits per heavy atom. The second kappa shape index (κ2) is 13.1. The van der Waals surface area contributed by atoms with Gasteiger partial charge in [-0.2, -0.15) is 5.26 Å². The Morgan fingerprint density at radius 1 is 1.16 bits per heavy atom. The molecule has 4 rings (SSSR count). The molecule has 3 aromatic carbocycles. The molecule has 228 valence electrons. The van der Waals surface area contributed by atoms with E-state index in [4.69, 9.17) is 32.7 Å². The number of ether oxygens (including phenoxy) is 2. The molecule has 43 heavy (non-hydrogen) atoms. The molecule has 0 aromatic heterocycles. The number of nitriles is 1. The van der Waals surface area contributed by atoms with Crippen molar-refractivity contribution in [2.75, 3.05) is 25.8 Å². The topological polar surface area (TPSA) is 104 Å². The summed E-state index contributed by atoms with van der Waals surface area (Å²) in [4.78, 5) is 11.3. The third kappa shape index (κ3) is 6.73. The lowest BCUT2D eigenvalue weighted by Gasteiger charge is -2.37. The molecule has 1 heterocycles. The molecular weight excluding hydrogens is 599 g/mol. The number of carbonyl (C=O) groups is 1. The van der Waals surface area contributed by atoms with Crippen LogP contribution >= 0.6 is 23.2 Å². The number of methoxy groups -OCH3 is 1. The summed E-state index contributed by atoms with van der Waals surface area (Å²) >= 11 is 12.3. The number of aromatic carboxylic acids is 1. The Morgan fingerprint density at radius 3 is 2.53 bits per heavy atom. The Kier molecular flexibility index (Phi) is 9.87. The smallest absolute Gasteiger partial charge is 0.335 e. The van der Waals surface area contributed by atoms with Crippen molar-refractivity contribution in [3.05, 3.63) is 93.0 Å². The standard InChI is InChI=1S/C32H33Cl2F2N3O4/c1-31(2,3)14-27-32(16-37,21-10-9-19(33)13-23(21)35)28(20-6-5-7-22(34)29(20)36)25(39-27)15-43-17-38-24-11-8-18(30(40)41)12-26(24)42-4/h5-13,25,27-28,38-39H,14-15,17H2,1-4H3,(H,40,41)/t25?,27?,28?,32-/m0/s1. The van der Waals surface area contributed by atoms with Crippen molar-refractivity contribution in [1.82, 2.24) is 5.32 Å². The van der Waals surface area contributed by atoms with Crippen molar-refractivity contribution in [3.8, 4) is 11.8 Å². The lowest BCUT2D eigenvalue weighted by Crippen LogP contribution is -2.44. The highest BCUT2D eigenvalue weighted by Crippen LogP contribution is 2.52. The molecule has 0 saturated carbocycles. The van der Waals surface area contributed by atoms with Crippen molar-refractivity contribution in [2.24, 2.45) is 5.41 Å². The third-order valence-electron chi connectivity index (χ3n) is 7.66. The molecular formula is C32H33Cl2F2N3O4. The predicted octanol–water partition coefficient (Wildman–Crippen LogP) is 7.39. The summed E-state index contributed by atoms with van der Waals surface area (Å²) in [6, 6.07) is 14.3. The molecule has 0 aliphatic carbocycles. The van der Waals surface area contributed by atoms with E-state index in [9.17, 15) is 15.2 Å². The highest BCUT2D eigenvalue weighted by Gasteiger charge is 2.59. The summed E-state index contributed by atoms with van der Waals surface area (Å²) in [5.74, 6) is -3.03. The minimum Gasteiger partial charge on any atom is -0.495 e. The number of rotatable bonds is 10. The fraction of sp³-hybridized carbons (Fsp3) is 0.375. The molecule has 3 unspecified atom stereocenters. The van der Waals surface area contributed by atoms with Crippen LogP contribution in [0.3, 0.4) is 0 Å². The molecule has 3 N–H and O–H groups in total. The maximum atomic E-state index is 15.7. The highest BCUT2D eigenvalue weighted by molar-refractivity contribution is 6.31. The van der Waals surface area contributed by atoms with Gasteiger partial charge >= 0.3 is 5.97 Å². The number of benzene rings is 3. The first kappa shape index (κ1) is 32.5. The van der Waals surface area contributed by atoms with Crippen LogP contribution in [0.1, 0.15) is 54.6 Å². The van der Waals surface area contributed by atoms with E-state index in [0.717, 1.165) is 6.07 Å². The largest absolute Gasteiger partial charge is 0.495 e. The van der Waals surface area contributed by atoms with Gasteiger partial charge in [-0.25, -0.2) is 13.6 Å². The summed E-state index contributed by atoms with van der Waals surface area (Å²) in [6.07, 6.45) is 0.461. The number of carboxylic acid groups (broad SMARTS) is 1. The van der Waals surface area contributed by atoms with Crippen LogP contribution in [0, 0.1) is 28.4 Å². The Bertz CT molecular complexity index is 1540. The minimum atomic E-state index is -1.55. The van der Waals surface area contributed by atoms with Crippen molar-refractivity contribution in [2.45, 2.75) is 50.6 Å². The Balaban J connectivity index is 1.73. The third-order valence-corrected chi connectivity index (χ3v) is 8.19. The second-order valence-electron chi connectivity index (χ2n) is 11.7. The maximum Gasteiger partial charge on any atom is 0.335 e. The monoisotopic (exact) mass is 631 g/mol. The molecule has 3 aromatic rings. The van der Waals surface area contributed by atoms with Crippen LogP contribution in [0.2, 0.25) is 10.0 Å². The van der Waals surface area contributed by atoms with Crippen molar-refractivity contribution in [1.29, 1.82) is 5.26 Å². The van der Waals surface area contributed by atoms with Crippen LogP contribution in [-0.4, -0.2) is 43.6 Å². The minimum absolute atomic E-state index is 0.0123. The van der Waals surface area contributed by atoms with Gasteiger partial charge in [-0.1, -0.05) is 62.2 Å². The summed E-state index contributed by atoms with van der Waals surface area (Å²) < 4.78 is 42.8. The van der Waals surface area contributed by atoms with Gasteiger partial charge in [0.15, 0.2) is 0 Å². The van der Waals surface area contributed by atoms with Gasteiger partial charge in [0.05, 0.1) is 36.1 Å². The van der Waals surface area contributed by atoms with Gasteiger partial charge < -0.3 is 25.2 Å². The summed E-state index contributed by atoms with van der Waals surface area (Å²) in [6.45, 7) is 6.03. The summed E-state index contributed by atoms with van der Waals surface area (Å²) in [5, 5.41) is 26.8. The van der Waals surface area contributed by atoms with Crippen LogP contribution in [0.25, 0.3) is 0 Å². The van der Waals surface area contributed by atoms with E-state index in [-0.39, 0.29) is 45.5 Å². The van der Waals surface area contributed by atoms with E-state index < -0.39 is 41.0 Å². The van der Waals surface area contributed by atoms with Gasteiger partial charge in [0.1, 0.15) is 29.5 Å². The first-order valence-corrected chi connectivity index (χ1v) is 14.4. The molecule has 1 fully saturated rings. The summed E-state index contributed by atoms with van der Waals surface area (Å²) in [5.41, 5.74) is -0.989. The molecule has 0 bridgehead atoms. The average molecular weight is 633 g/mol. The lowest BCUT2D eigenvalue weighted by molar-refractivity contribution is 0.0696. The van der Waals surface area contributed by atoms with Crippen LogP contribution in [0.4, 0.5) is 14.5 Å². The normalized spacial score (nSPS) is 21.8. The van der Waals surface area contributed by atoms with E-state index in [1.807, 2.05) is 20.8 Å². The quantitative estimate of drug-likeness (QED) is 0.158. The zero-order chi connectivity index (χ0) is 31.5. The molecule has 1 saturated heterocycles. The van der Waals surface area contributed by atoms with Gasteiger partial charge in [-0.3, -0.25) is 0 Å². The second-order valence-corrected chi connectivity index (χ2v) is 12.6. The summed E-state index contributed by atoms with van der Waals surface area (Å²) in [7, 11) is 1.42. The van der Waals surface area contributed by atoms with Crippen LogP contribution < -0.4 is 15.4 Å². The number of hydrogen-bond donors (Lipinski definition) is 3.